The maximum Gasteiger partial charge on any atom is 0.124 e. The second kappa shape index (κ2) is 4.52. The van der Waals surface area contributed by atoms with Gasteiger partial charge in [-0.15, -0.1) is 22.9 Å². The number of hydrogen-bond donors (Lipinski definition) is 0. The van der Waals surface area contributed by atoms with Crippen LogP contribution < -0.4 is 4.74 Å². The quantitative estimate of drug-likeness (QED) is 0.728. The van der Waals surface area contributed by atoms with E-state index in [1.807, 2.05) is 30.3 Å². The van der Waals surface area contributed by atoms with Crippen LogP contribution in [0.2, 0.25) is 4.34 Å². The van der Waals surface area contributed by atoms with Gasteiger partial charge >= 0.3 is 0 Å². The zero-order valence-corrected chi connectivity index (χ0v) is 11.2. The lowest BCUT2D eigenvalue weighted by atomic mass is 10.1. The molecule has 4 heteroatoms. The summed E-state index contributed by atoms with van der Waals surface area (Å²) in [5, 5.41) is -0.139. The van der Waals surface area contributed by atoms with Gasteiger partial charge in [0.05, 0.1) is 4.34 Å². The van der Waals surface area contributed by atoms with Gasteiger partial charge in [-0.05, 0) is 23.8 Å². The third kappa shape index (κ3) is 2.17. The second-order valence-electron chi connectivity index (χ2n) is 4.01. The first-order valence-electron chi connectivity index (χ1n) is 5.38. The van der Waals surface area contributed by atoms with Gasteiger partial charge < -0.3 is 4.74 Å². The standard InChI is InChI=1S/C13H10Cl2OS/c14-12-6-5-11(17-12)13(15)10-7-8-3-1-2-4-9(8)16-10/h1-6,10,13H,7H2. The van der Waals surface area contributed by atoms with Gasteiger partial charge in [-0.1, -0.05) is 29.8 Å². The topological polar surface area (TPSA) is 9.23 Å². The van der Waals surface area contributed by atoms with Gasteiger partial charge in [-0.2, -0.15) is 0 Å². The van der Waals surface area contributed by atoms with Crippen LogP contribution in [-0.4, -0.2) is 6.10 Å². The molecule has 2 atom stereocenters. The number of halogens is 2. The molecule has 0 aliphatic carbocycles. The van der Waals surface area contributed by atoms with Crippen molar-refractivity contribution < 1.29 is 4.74 Å². The molecule has 2 aromatic rings. The molecule has 1 aliphatic heterocycles. The van der Waals surface area contributed by atoms with Crippen LogP contribution in [0.25, 0.3) is 0 Å². The van der Waals surface area contributed by atoms with Crippen molar-refractivity contribution in [2.45, 2.75) is 17.9 Å². The fourth-order valence-electron chi connectivity index (χ4n) is 2.03. The van der Waals surface area contributed by atoms with Gasteiger partial charge in [-0.25, -0.2) is 0 Å². The van der Waals surface area contributed by atoms with E-state index in [4.69, 9.17) is 27.9 Å². The summed E-state index contributed by atoms with van der Waals surface area (Å²) in [5.74, 6) is 0.950. The van der Waals surface area contributed by atoms with E-state index in [-0.39, 0.29) is 11.5 Å². The third-order valence-corrected chi connectivity index (χ3v) is 4.82. The van der Waals surface area contributed by atoms with E-state index in [1.54, 1.807) is 0 Å². The van der Waals surface area contributed by atoms with E-state index in [1.165, 1.54) is 16.9 Å². The number of alkyl halides is 1. The summed E-state index contributed by atoms with van der Waals surface area (Å²) < 4.78 is 6.63. The van der Waals surface area contributed by atoms with Crippen molar-refractivity contribution in [1.82, 2.24) is 0 Å². The molecule has 3 rings (SSSR count). The summed E-state index contributed by atoms with van der Waals surface area (Å²) in [5.41, 5.74) is 1.23. The monoisotopic (exact) mass is 284 g/mol. The number of para-hydroxylation sites is 1. The van der Waals surface area contributed by atoms with Crippen LogP contribution in [0.15, 0.2) is 36.4 Å². The highest BCUT2D eigenvalue weighted by Gasteiger charge is 2.30. The van der Waals surface area contributed by atoms with Crippen molar-refractivity contribution in [3.63, 3.8) is 0 Å². The lowest BCUT2D eigenvalue weighted by Gasteiger charge is -2.15. The predicted molar refractivity (Wildman–Crippen MR) is 72.5 cm³/mol. The van der Waals surface area contributed by atoms with E-state index in [0.717, 1.165) is 21.4 Å². The number of hydrogen-bond acceptors (Lipinski definition) is 2. The molecule has 1 aliphatic rings. The van der Waals surface area contributed by atoms with E-state index in [9.17, 15) is 0 Å². The molecule has 0 saturated heterocycles. The molecule has 1 nitrogen and oxygen atoms in total. The summed E-state index contributed by atoms with van der Waals surface area (Å²) >= 11 is 13.9. The minimum Gasteiger partial charge on any atom is -0.488 e. The highest BCUT2D eigenvalue weighted by Crippen LogP contribution is 2.40. The minimum absolute atomic E-state index is 0.00350. The van der Waals surface area contributed by atoms with Crippen molar-refractivity contribution in [2.24, 2.45) is 0 Å². The fraction of sp³-hybridized carbons (Fsp3) is 0.231. The lowest BCUT2D eigenvalue weighted by molar-refractivity contribution is 0.228. The van der Waals surface area contributed by atoms with Crippen molar-refractivity contribution in [3.8, 4) is 5.75 Å². The molecule has 0 amide bonds. The average molecular weight is 285 g/mol. The highest BCUT2D eigenvalue weighted by atomic mass is 35.5. The molecule has 0 fully saturated rings. The first kappa shape index (κ1) is 11.4. The van der Waals surface area contributed by atoms with Gasteiger partial charge in [-0.3, -0.25) is 0 Å². The lowest BCUT2D eigenvalue weighted by Crippen LogP contribution is -2.18. The Kier molecular flexibility index (Phi) is 3.03. The number of rotatable bonds is 2. The predicted octanol–water partition coefficient (Wildman–Crippen LogP) is 4.69. The van der Waals surface area contributed by atoms with Crippen molar-refractivity contribution in [2.75, 3.05) is 0 Å². The second-order valence-corrected chi connectivity index (χ2v) is 6.23. The summed E-state index contributed by atoms with van der Waals surface area (Å²) in [4.78, 5) is 1.06. The third-order valence-electron chi connectivity index (χ3n) is 2.86. The minimum atomic E-state index is -0.139. The Hall–Kier alpha value is -0.700. The van der Waals surface area contributed by atoms with Gasteiger partial charge in [0.25, 0.3) is 0 Å². The molecule has 17 heavy (non-hydrogen) atoms. The first-order chi connectivity index (χ1) is 8.24. The van der Waals surface area contributed by atoms with Crippen LogP contribution in [0.3, 0.4) is 0 Å². The molecule has 0 spiro atoms. The number of ether oxygens (including phenoxy) is 1. The van der Waals surface area contributed by atoms with E-state index < -0.39 is 0 Å². The van der Waals surface area contributed by atoms with Crippen molar-refractivity contribution in [3.05, 3.63) is 51.2 Å². The van der Waals surface area contributed by atoms with Gasteiger partial charge in [0.2, 0.25) is 0 Å². The Morgan fingerprint density at radius 2 is 2.06 bits per heavy atom. The summed E-state index contributed by atoms with van der Waals surface area (Å²) in [6.07, 6.45) is 0.864. The Balaban J connectivity index is 1.80. The van der Waals surface area contributed by atoms with E-state index in [0.29, 0.717) is 0 Å². The zero-order valence-electron chi connectivity index (χ0n) is 8.90. The summed E-state index contributed by atoms with van der Waals surface area (Å²) in [7, 11) is 0. The van der Waals surface area contributed by atoms with Gasteiger partial charge in [0.15, 0.2) is 0 Å². The molecule has 88 valence electrons. The first-order valence-corrected chi connectivity index (χ1v) is 7.01. The number of thiophene rings is 1. The SMILES string of the molecule is Clc1ccc(C(Cl)C2Cc3ccccc3O2)s1. The van der Waals surface area contributed by atoms with Crippen molar-refractivity contribution >= 4 is 34.5 Å². The number of fused-ring (bicyclic) bond motifs is 1. The summed E-state index contributed by atoms with van der Waals surface area (Å²) in [6.45, 7) is 0. The Morgan fingerprint density at radius 1 is 1.24 bits per heavy atom. The molecular weight excluding hydrogens is 275 g/mol. The number of benzene rings is 1. The van der Waals surface area contributed by atoms with Crippen LogP contribution in [0.4, 0.5) is 0 Å². The molecule has 0 bridgehead atoms. The van der Waals surface area contributed by atoms with Crippen molar-refractivity contribution in [1.29, 1.82) is 0 Å². The zero-order chi connectivity index (χ0) is 11.8. The maximum atomic E-state index is 6.44. The van der Waals surface area contributed by atoms with Crippen LogP contribution in [-0.2, 0) is 6.42 Å². The Bertz CT molecular complexity index is 513. The smallest absolute Gasteiger partial charge is 0.124 e. The maximum absolute atomic E-state index is 6.44. The largest absolute Gasteiger partial charge is 0.488 e. The Morgan fingerprint density at radius 3 is 2.76 bits per heavy atom. The molecule has 1 aromatic heterocycles. The van der Waals surface area contributed by atoms with E-state index in [2.05, 4.69) is 6.07 Å². The van der Waals surface area contributed by atoms with Crippen LogP contribution in [0, 0.1) is 0 Å². The molecule has 1 aromatic carbocycles. The fourth-order valence-corrected chi connectivity index (χ4v) is 3.47. The molecule has 2 heterocycles. The molecule has 0 saturated carbocycles. The normalized spacial score (nSPS) is 19.8. The van der Waals surface area contributed by atoms with Gasteiger partial charge in [0.1, 0.15) is 17.2 Å². The molecule has 0 N–H and O–H groups in total. The van der Waals surface area contributed by atoms with Crippen LogP contribution in [0.1, 0.15) is 15.8 Å². The van der Waals surface area contributed by atoms with E-state index >= 15 is 0 Å². The van der Waals surface area contributed by atoms with Crippen LogP contribution >= 0.6 is 34.5 Å². The Labute approximate surface area is 114 Å². The molecular formula is C13H10Cl2OS. The molecule has 2 unspecified atom stereocenters. The van der Waals surface area contributed by atoms with Gasteiger partial charge in [0, 0.05) is 11.3 Å². The molecule has 0 radical (unpaired) electrons. The summed E-state index contributed by atoms with van der Waals surface area (Å²) in [6, 6.07) is 11.9. The highest BCUT2D eigenvalue weighted by molar-refractivity contribution is 7.16. The average Bonchev–Trinajstić information content (AvgIpc) is 2.93. The van der Waals surface area contributed by atoms with Crippen LogP contribution in [0.5, 0.6) is 5.75 Å².